The first-order chi connectivity index (χ1) is 9.30. The second kappa shape index (κ2) is 7.77. The number of likely N-dealkylation sites (N-methyl/N-ethyl adjacent to an activating group) is 1. The molecule has 1 heterocycles. The Kier molecular flexibility index (Phi) is 6.96. The molecule has 2 atom stereocenters. The van der Waals surface area contributed by atoms with Crippen molar-refractivity contribution in [3.63, 3.8) is 0 Å². The zero-order valence-corrected chi connectivity index (χ0v) is 14.3. The Morgan fingerprint density at radius 1 is 1.15 bits per heavy atom. The smallest absolute Gasteiger partial charge is 0.0610 e. The summed E-state index contributed by atoms with van der Waals surface area (Å²) in [4.78, 5) is 2.62. The molecule has 2 unspecified atom stereocenters. The summed E-state index contributed by atoms with van der Waals surface area (Å²) in [6.07, 6.45) is 6.26. The maximum absolute atomic E-state index is 9.42. The van der Waals surface area contributed by atoms with Gasteiger partial charge in [-0.25, -0.2) is 0 Å². The number of nitrogens with one attached hydrogen (secondary N) is 1. The van der Waals surface area contributed by atoms with Gasteiger partial charge >= 0.3 is 0 Å². The van der Waals surface area contributed by atoms with Crippen molar-refractivity contribution in [1.82, 2.24) is 10.2 Å². The summed E-state index contributed by atoms with van der Waals surface area (Å²) >= 11 is 0. The molecule has 0 spiro atoms. The third kappa shape index (κ3) is 5.71. The van der Waals surface area contributed by atoms with Crippen molar-refractivity contribution in [3.8, 4) is 0 Å². The molecule has 3 heteroatoms. The molecule has 0 aliphatic carbocycles. The highest BCUT2D eigenvalue weighted by molar-refractivity contribution is 4.82. The lowest BCUT2D eigenvalue weighted by atomic mass is 9.77. The molecule has 1 rings (SSSR count). The monoisotopic (exact) mass is 284 g/mol. The van der Waals surface area contributed by atoms with Crippen molar-refractivity contribution in [2.45, 2.75) is 65.3 Å². The largest absolute Gasteiger partial charge is 0.394 e. The van der Waals surface area contributed by atoms with Gasteiger partial charge < -0.3 is 15.3 Å². The number of hydrogen-bond donors (Lipinski definition) is 2. The Balaban J connectivity index is 2.32. The first-order valence-corrected chi connectivity index (χ1v) is 8.33. The number of rotatable bonds is 6. The quantitative estimate of drug-likeness (QED) is 0.787. The lowest BCUT2D eigenvalue weighted by Crippen LogP contribution is -2.44. The summed E-state index contributed by atoms with van der Waals surface area (Å²) in [6, 6.07) is 0. The fourth-order valence-corrected chi connectivity index (χ4v) is 3.22. The minimum atomic E-state index is -0.111. The highest BCUT2D eigenvalue weighted by Gasteiger charge is 2.27. The Morgan fingerprint density at radius 2 is 1.85 bits per heavy atom. The van der Waals surface area contributed by atoms with Crippen LogP contribution in [0.15, 0.2) is 0 Å². The first kappa shape index (κ1) is 17.9. The molecule has 3 nitrogen and oxygen atoms in total. The molecule has 2 N–H and O–H groups in total. The molecule has 0 bridgehead atoms. The molecule has 0 saturated carbocycles. The number of likely N-dealkylation sites (tertiary alicyclic amines) is 1. The predicted octanol–water partition coefficient (Wildman–Crippen LogP) is 2.89. The van der Waals surface area contributed by atoms with Crippen LogP contribution in [0, 0.1) is 11.3 Å². The summed E-state index contributed by atoms with van der Waals surface area (Å²) in [7, 11) is 1.94. The molecule has 0 aromatic rings. The van der Waals surface area contributed by atoms with E-state index < -0.39 is 0 Å². The highest BCUT2D eigenvalue weighted by Crippen LogP contribution is 2.34. The van der Waals surface area contributed by atoms with Crippen LogP contribution in [0.1, 0.15) is 59.8 Å². The molecule has 20 heavy (non-hydrogen) atoms. The molecule has 1 aliphatic heterocycles. The van der Waals surface area contributed by atoms with E-state index in [2.05, 4.69) is 37.9 Å². The van der Waals surface area contributed by atoms with Crippen LogP contribution >= 0.6 is 0 Å². The van der Waals surface area contributed by atoms with Gasteiger partial charge in [0.25, 0.3) is 0 Å². The zero-order chi connectivity index (χ0) is 15.2. The van der Waals surface area contributed by atoms with Crippen LogP contribution < -0.4 is 5.32 Å². The Bertz CT molecular complexity index is 269. The maximum Gasteiger partial charge on any atom is 0.0610 e. The van der Waals surface area contributed by atoms with Crippen LogP contribution in [-0.4, -0.2) is 48.8 Å². The average molecular weight is 284 g/mol. The molecule has 1 fully saturated rings. The van der Waals surface area contributed by atoms with Gasteiger partial charge in [-0.1, -0.05) is 20.8 Å². The van der Waals surface area contributed by atoms with Gasteiger partial charge in [-0.15, -0.1) is 0 Å². The summed E-state index contributed by atoms with van der Waals surface area (Å²) in [5.74, 6) is 0.868. The summed E-state index contributed by atoms with van der Waals surface area (Å²) in [6.45, 7) is 13.1. The van der Waals surface area contributed by atoms with Crippen LogP contribution in [0.25, 0.3) is 0 Å². The van der Waals surface area contributed by atoms with Crippen LogP contribution in [0.5, 0.6) is 0 Å². The van der Waals surface area contributed by atoms with Crippen molar-refractivity contribution in [2.24, 2.45) is 11.3 Å². The first-order valence-electron chi connectivity index (χ1n) is 8.33. The molecule has 1 saturated heterocycles. The van der Waals surface area contributed by atoms with Crippen LogP contribution in [-0.2, 0) is 0 Å². The Labute approximate surface area is 126 Å². The van der Waals surface area contributed by atoms with E-state index in [0.29, 0.717) is 5.41 Å². The highest BCUT2D eigenvalue weighted by atomic mass is 16.3. The normalized spacial score (nSPS) is 25.2. The maximum atomic E-state index is 9.42. The molecule has 120 valence electrons. The number of aliphatic hydroxyl groups excluding tert-OH is 1. The van der Waals surface area contributed by atoms with Crippen molar-refractivity contribution >= 4 is 0 Å². The van der Waals surface area contributed by atoms with E-state index in [-0.39, 0.29) is 12.1 Å². The fourth-order valence-electron chi connectivity index (χ4n) is 3.22. The third-order valence-corrected chi connectivity index (χ3v) is 5.20. The molecule has 0 amide bonds. The molecule has 0 aromatic heterocycles. The number of hydrogen-bond acceptors (Lipinski definition) is 3. The second-order valence-electron chi connectivity index (χ2n) is 7.91. The van der Waals surface area contributed by atoms with E-state index in [1.165, 1.54) is 38.9 Å². The number of nitrogens with zero attached hydrogens (tertiary/aromatic N) is 1. The van der Waals surface area contributed by atoms with Gasteiger partial charge in [-0.05, 0) is 77.0 Å². The lowest BCUT2D eigenvalue weighted by molar-refractivity contribution is 0.162. The van der Waals surface area contributed by atoms with E-state index in [1.807, 2.05) is 7.05 Å². The fraction of sp³-hybridized carbons (Fsp3) is 1.00. The van der Waals surface area contributed by atoms with Gasteiger partial charge in [0.2, 0.25) is 0 Å². The molecule has 0 radical (unpaired) electrons. The van der Waals surface area contributed by atoms with Crippen molar-refractivity contribution < 1.29 is 5.11 Å². The summed E-state index contributed by atoms with van der Waals surface area (Å²) < 4.78 is 0. The van der Waals surface area contributed by atoms with Crippen LogP contribution in [0.3, 0.4) is 0 Å². The van der Waals surface area contributed by atoms with Gasteiger partial charge in [0, 0.05) is 5.54 Å². The summed E-state index contributed by atoms with van der Waals surface area (Å²) in [5.41, 5.74) is 0.345. The minimum Gasteiger partial charge on any atom is -0.394 e. The topological polar surface area (TPSA) is 35.5 Å². The lowest BCUT2D eigenvalue weighted by Gasteiger charge is -2.30. The molecular formula is C17H36N2O. The minimum absolute atomic E-state index is 0.111. The van der Waals surface area contributed by atoms with E-state index >= 15 is 0 Å². The van der Waals surface area contributed by atoms with Crippen LogP contribution in [0.4, 0.5) is 0 Å². The summed E-state index contributed by atoms with van der Waals surface area (Å²) in [5, 5.41) is 12.7. The standard InChI is InChI=1S/C17H36N2O/c1-16(2,3)15-8-6-11-19(13-9-15)12-7-10-17(4,14-20)18-5/h15,18,20H,6-14H2,1-5H3. The molecular weight excluding hydrogens is 248 g/mol. The van der Waals surface area contributed by atoms with Gasteiger partial charge in [0.05, 0.1) is 6.61 Å². The Morgan fingerprint density at radius 3 is 2.40 bits per heavy atom. The Hall–Kier alpha value is -0.120. The van der Waals surface area contributed by atoms with E-state index in [4.69, 9.17) is 0 Å². The van der Waals surface area contributed by atoms with Gasteiger partial charge in [-0.3, -0.25) is 0 Å². The van der Waals surface area contributed by atoms with Gasteiger partial charge in [0.1, 0.15) is 0 Å². The SMILES string of the molecule is CNC(C)(CO)CCCN1CCCC(C(C)(C)C)CC1. The van der Waals surface area contributed by atoms with E-state index in [9.17, 15) is 5.11 Å². The average Bonchev–Trinajstić information content (AvgIpc) is 2.64. The van der Waals surface area contributed by atoms with Gasteiger partial charge in [-0.2, -0.15) is 0 Å². The van der Waals surface area contributed by atoms with Crippen LogP contribution in [0.2, 0.25) is 0 Å². The molecule has 0 aromatic carbocycles. The second-order valence-corrected chi connectivity index (χ2v) is 7.91. The van der Waals surface area contributed by atoms with Gasteiger partial charge in [0.15, 0.2) is 0 Å². The van der Waals surface area contributed by atoms with Crippen molar-refractivity contribution in [1.29, 1.82) is 0 Å². The zero-order valence-electron chi connectivity index (χ0n) is 14.3. The van der Waals surface area contributed by atoms with Crippen molar-refractivity contribution in [2.75, 3.05) is 33.3 Å². The third-order valence-electron chi connectivity index (χ3n) is 5.20. The molecule has 1 aliphatic rings. The van der Waals surface area contributed by atoms with E-state index in [0.717, 1.165) is 18.8 Å². The predicted molar refractivity (Wildman–Crippen MR) is 87.0 cm³/mol. The number of aliphatic hydroxyl groups is 1. The van der Waals surface area contributed by atoms with E-state index in [1.54, 1.807) is 0 Å². The van der Waals surface area contributed by atoms with Crippen molar-refractivity contribution in [3.05, 3.63) is 0 Å².